The summed E-state index contributed by atoms with van der Waals surface area (Å²) in [7, 11) is 0. The van der Waals surface area contributed by atoms with Crippen LogP contribution in [0, 0.1) is 0 Å². The number of aromatic nitrogens is 1. The van der Waals surface area contributed by atoms with E-state index in [0.29, 0.717) is 6.10 Å². The molecule has 1 fully saturated rings. The maximum Gasteiger partial charge on any atom is 0.186 e. The van der Waals surface area contributed by atoms with E-state index >= 15 is 0 Å². The van der Waals surface area contributed by atoms with Crippen molar-refractivity contribution in [2.45, 2.75) is 58.5 Å². The third-order valence-electron chi connectivity index (χ3n) is 3.67. The number of carbonyl (C=O) groups is 1. The summed E-state index contributed by atoms with van der Waals surface area (Å²) >= 11 is 1.51. The lowest BCUT2D eigenvalue weighted by atomic mass is 9.91. The summed E-state index contributed by atoms with van der Waals surface area (Å²) in [5.41, 5.74) is 0.813. The van der Waals surface area contributed by atoms with Crippen molar-refractivity contribution in [3.8, 4) is 0 Å². The van der Waals surface area contributed by atoms with Crippen LogP contribution in [-0.4, -0.2) is 37.1 Å². The van der Waals surface area contributed by atoms with Gasteiger partial charge in [0.05, 0.1) is 16.7 Å². The predicted molar refractivity (Wildman–Crippen MR) is 87.7 cm³/mol. The zero-order chi connectivity index (χ0) is 15.5. The molecule has 0 radical (unpaired) electrons. The van der Waals surface area contributed by atoms with Gasteiger partial charge in [0.15, 0.2) is 11.4 Å². The van der Waals surface area contributed by atoms with Crippen LogP contribution in [0.5, 0.6) is 0 Å². The van der Waals surface area contributed by atoms with Gasteiger partial charge in [-0.25, -0.2) is 4.98 Å². The first-order chi connectivity index (χ1) is 9.95. The second-order valence-corrected chi connectivity index (χ2v) is 7.67. The SMILES string of the molecule is CCCOC1CCCN(c2nc(C(C)(C)C)c(C=O)s2)C1. The lowest BCUT2D eigenvalue weighted by Crippen LogP contribution is -2.39. The fourth-order valence-corrected chi connectivity index (χ4v) is 3.73. The lowest BCUT2D eigenvalue weighted by molar-refractivity contribution is 0.0440. The smallest absolute Gasteiger partial charge is 0.186 e. The van der Waals surface area contributed by atoms with Crippen LogP contribution in [0.1, 0.15) is 62.3 Å². The molecule has 1 saturated heterocycles. The number of anilines is 1. The molecule has 1 atom stereocenters. The van der Waals surface area contributed by atoms with Crippen molar-refractivity contribution in [3.63, 3.8) is 0 Å². The summed E-state index contributed by atoms with van der Waals surface area (Å²) in [4.78, 5) is 19.1. The number of thiazole rings is 1. The Morgan fingerprint density at radius 3 is 2.81 bits per heavy atom. The number of nitrogens with zero attached hydrogens (tertiary/aromatic N) is 2. The zero-order valence-electron chi connectivity index (χ0n) is 13.5. The van der Waals surface area contributed by atoms with Crippen molar-refractivity contribution in [1.82, 2.24) is 4.98 Å². The molecule has 5 heteroatoms. The first kappa shape index (κ1) is 16.4. The highest BCUT2D eigenvalue weighted by Gasteiger charge is 2.27. The van der Waals surface area contributed by atoms with Gasteiger partial charge in [-0.2, -0.15) is 0 Å². The number of carbonyl (C=O) groups excluding carboxylic acids is 1. The van der Waals surface area contributed by atoms with Gasteiger partial charge in [0.2, 0.25) is 0 Å². The Hall–Kier alpha value is -0.940. The van der Waals surface area contributed by atoms with Gasteiger partial charge in [-0.15, -0.1) is 0 Å². The Morgan fingerprint density at radius 2 is 2.24 bits per heavy atom. The molecular formula is C16H26N2O2S. The van der Waals surface area contributed by atoms with Crippen LogP contribution < -0.4 is 4.90 Å². The Bertz CT molecular complexity index is 479. The lowest BCUT2D eigenvalue weighted by Gasteiger charge is -2.32. The maximum absolute atomic E-state index is 11.3. The Morgan fingerprint density at radius 1 is 1.48 bits per heavy atom. The van der Waals surface area contributed by atoms with Gasteiger partial charge >= 0.3 is 0 Å². The summed E-state index contributed by atoms with van der Waals surface area (Å²) in [6.07, 6.45) is 4.53. The van der Waals surface area contributed by atoms with Crippen molar-refractivity contribution < 1.29 is 9.53 Å². The normalized spacial score (nSPS) is 19.8. The van der Waals surface area contributed by atoms with Crippen LogP contribution in [0.25, 0.3) is 0 Å². The average Bonchev–Trinajstić information content (AvgIpc) is 2.90. The molecule has 1 aliphatic rings. The second-order valence-electron chi connectivity index (χ2n) is 6.66. The molecule has 4 nitrogen and oxygen atoms in total. The molecule has 21 heavy (non-hydrogen) atoms. The summed E-state index contributed by atoms with van der Waals surface area (Å²) in [6, 6.07) is 0. The van der Waals surface area contributed by atoms with E-state index in [1.807, 2.05) is 0 Å². The van der Waals surface area contributed by atoms with E-state index in [-0.39, 0.29) is 5.41 Å². The molecule has 2 rings (SSSR count). The van der Waals surface area contributed by atoms with Gasteiger partial charge in [-0.3, -0.25) is 4.79 Å². The molecule has 1 aliphatic heterocycles. The molecular weight excluding hydrogens is 284 g/mol. The molecule has 0 N–H and O–H groups in total. The molecule has 1 unspecified atom stereocenters. The number of piperidine rings is 1. The van der Waals surface area contributed by atoms with Crippen molar-refractivity contribution in [1.29, 1.82) is 0 Å². The summed E-state index contributed by atoms with van der Waals surface area (Å²) in [5.74, 6) is 0. The molecule has 0 spiro atoms. The molecule has 2 heterocycles. The van der Waals surface area contributed by atoms with Crippen molar-refractivity contribution in [2.75, 3.05) is 24.6 Å². The van der Waals surface area contributed by atoms with Gasteiger partial charge in [0.25, 0.3) is 0 Å². The quantitative estimate of drug-likeness (QED) is 0.779. The molecule has 0 bridgehead atoms. The highest BCUT2D eigenvalue weighted by atomic mass is 32.1. The van der Waals surface area contributed by atoms with Crippen LogP contribution in [0.4, 0.5) is 5.13 Å². The van der Waals surface area contributed by atoms with E-state index in [2.05, 4.69) is 32.6 Å². The van der Waals surface area contributed by atoms with Gasteiger partial charge in [0.1, 0.15) is 0 Å². The van der Waals surface area contributed by atoms with Crippen LogP contribution in [0.2, 0.25) is 0 Å². The number of aldehydes is 1. The van der Waals surface area contributed by atoms with Crippen LogP contribution in [0.3, 0.4) is 0 Å². The van der Waals surface area contributed by atoms with E-state index < -0.39 is 0 Å². The minimum Gasteiger partial charge on any atom is -0.376 e. The molecule has 1 aromatic rings. The van der Waals surface area contributed by atoms with Crippen LogP contribution in [0.15, 0.2) is 0 Å². The number of hydrogen-bond donors (Lipinski definition) is 0. The highest BCUT2D eigenvalue weighted by Crippen LogP contribution is 2.34. The van der Waals surface area contributed by atoms with E-state index in [9.17, 15) is 4.79 Å². The van der Waals surface area contributed by atoms with Crippen molar-refractivity contribution in [3.05, 3.63) is 10.6 Å². The van der Waals surface area contributed by atoms with E-state index in [1.54, 1.807) is 0 Å². The van der Waals surface area contributed by atoms with E-state index in [4.69, 9.17) is 9.72 Å². The fourth-order valence-electron chi connectivity index (χ4n) is 2.61. The van der Waals surface area contributed by atoms with Gasteiger partial charge in [0, 0.05) is 25.1 Å². The second kappa shape index (κ2) is 6.88. The molecule has 0 amide bonds. The molecule has 0 saturated carbocycles. The minimum atomic E-state index is -0.0983. The first-order valence-electron chi connectivity index (χ1n) is 7.78. The number of hydrogen-bond acceptors (Lipinski definition) is 5. The standard InChI is InChI=1S/C16H26N2O2S/c1-5-9-20-12-7-6-8-18(10-12)15-17-14(16(2,3)4)13(11-19)21-15/h11-12H,5-10H2,1-4H3. The Labute approximate surface area is 131 Å². The zero-order valence-corrected chi connectivity index (χ0v) is 14.3. The van der Waals surface area contributed by atoms with Crippen molar-refractivity contribution in [2.24, 2.45) is 0 Å². The van der Waals surface area contributed by atoms with Gasteiger partial charge < -0.3 is 9.64 Å². The molecule has 1 aromatic heterocycles. The van der Waals surface area contributed by atoms with Gasteiger partial charge in [-0.05, 0) is 19.3 Å². The predicted octanol–water partition coefficient (Wildman–Crippen LogP) is 3.65. The monoisotopic (exact) mass is 310 g/mol. The van der Waals surface area contributed by atoms with E-state index in [1.165, 1.54) is 11.3 Å². The maximum atomic E-state index is 11.3. The summed E-state index contributed by atoms with van der Waals surface area (Å²) in [6.45, 7) is 11.1. The molecule has 0 aromatic carbocycles. The van der Waals surface area contributed by atoms with E-state index in [0.717, 1.165) is 60.9 Å². The van der Waals surface area contributed by atoms with Crippen LogP contribution in [-0.2, 0) is 10.2 Å². The number of rotatable bonds is 5. The molecule has 118 valence electrons. The Kier molecular flexibility index (Phi) is 5.38. The third-order valence-corrected chi connectivity index (χ3v) is 4.71. The first-order valence-corrected chi connectivity index (χ1v) is 8.60. The topological polar surface area (TPSA) is 42.4 Å². The van der Waals surface area contributed by atoms with Crippen LogP contribution >= 0.6 is 11.3 Å². The molecule has 0 aliphatic carbocycles. The fraction of sp³-hybridized carbons (Fsp3) is 0.750. The Balaban J connectivity index is 2.14. The number of ether oxygens (including phenoxy) is 1. The largest absolute Gasteiger partial charge is 0.376 e. The minimum absolute atomic E-state index is 0.0983. The van der Waals surface area contributed by atoms with Gasteiger partial charge in [-0.1, -0.05) is 39.0 Å². The highest BCUT2D eigenvalue weighted by molar-refractivity contribution is 7.17. The average molecular weight is 310 g/mol. The summed E-state index contributed by atoms with van der Waals surface area (Å²) in [5, 5.41) is 0.965. The van der Waals surface area contributed by atoms with Crippen molar-refractivity contribution >= 4 is 22.8 Å². The summed E-state index contributed by atoms with van der Waals surface area (Å²) < 4.78 is 5.88. The third kappa shape index (κ3) is 4.04.